The van der Waals surface area contributed by atoms with Gasteiger partial charge in [-0.2, -0.15) is 0 Å². The van der Waals surface area contributed by atoms with Crippen LogP contribution in [0.1, 0.15) is 31.0 Å². The smallest absolute Gasteiger partial charge is 0.417 e. The molecule has 0 aliphatic rings. The highest BCUT2D eigenvalue weighted by atomic mass is 32.1. The van der Waals surface area contributed by atoms with Crippen molar-refractivity contribution in [1.29, 1.82) is 0 Å². The maximum atomic E-state index is 10.0. The van der Waals surface area contributed by atoms with Crippen LogP contribution >= 0.6 is 11.3 Å². The van der Waals surface area contributed by atoms with Gasteiger partial charge in [-0.05, 0) is 17.5 Å². The minimum absolute atomic E-state index is 0.184. The van der Waals surface area contributed by atoms with E-state index in [0.717, 1.165) is 16.3 Å². The maximum absolute atomic E-state index is 10.0. The molecule has 0 saturated carbocycles. The molecule has 1 aromatic carbocycles. The molecule has 18 heavy (non-hydrogen) atoms. The van der Waals surface area contributed by atoms with Crippen molar-refractivity contribution in [3.05, 3.63) is 40.9 Å². The highest BCUT2D eigenvalue weighted by Gasteiger charge is 2.07. The SMILES string of the molecule is CC(C)c1cccc(-c2nc(CO[C]=O)cs2)c1. The molecule has 1 heterocycles. The molecule has 0 saturated heterocycles. The molecule has 2 rings (SSSR count). The number of nitrogens with zero attached hydrogens (tertiary/aromatic N) is 1. The van der Waals surface area contributed by atoms with Gasteiger partial charge in [0.05, 0.1) is 5.69 Å². The van der Waals surface area contributed by atoms with Crippen LogP contribution in [-0.2, 0) is 16.1 Å². The summed E-state index contributed by atoms with van der Waals surface area (Å²) in [6.07, 6.45) is 0. The predicted molar refractivity (Wildman–Crippen MR) is 72.1 cm³/mol. The van der Waals surface area contributed by atoms with Crippen LogP contribution in [0.25, 0.3) is 10.6 Å². The second-order valence-electron chi connectivity index (χ2n) is 4.30. The van der Waals surface area contributed by atoms with Gasteiger partial charge < -0.3 is 4.74 Å². The number of ether oxygens (including phenoxy) is 1. The number of aromatic nitrogens is 1. The fourth-order valence-electron chi connectivity index (χ4n) is 1.64. The van der Waals surface area contributed by atoms with Crippen LogP contribution in [0.3, 0.4) is 0 Å². The van der Waals surface area contributed by atoms with Crippen molar-refractivity contribution in [3.63, 3.8) is 0 Å². The number of carbonyl (C=O) groups excluding carboxylic acids is 1. The second kappa shape index (κ2) is 5.78. The summed E-state index contributed by atoms with van der Waals surface area (Å²) < 4.78 is 4.57. The molecule has 0 unspecified atom stereocenters. The quantitative estimate of drug-likeness (QED) is 0.825. The van der Waals surface area contributed by atoms with Crippen LogP contribution in [0, 0.1) is 0 Å². The number of thiazole rings is 1. The second-order valence-corrected chi connectivity index (χ2v) is 5.15. The Morgan fingerprint density at radius 3 is 3.00 bits per heavy atom. The monoisotopic (exact) mass is 260 g/mol. The van der Waals surface area contributed by atoms with Crippen LogP contribution in [-0.4, -0.2) is 11.5 Å². The van der Waals surface area contributed by atoms with Crippen LogP contribution in [0.2, 0.25) is 0 Å². The van der Waals surface area contributed by atoms with E-state index in [1.54, 1.807) is 11.3 Å². The van der Waals surface area contributed by atoms with E-state index in [-0.39, 0.29) is 6.61 Å². The van der Waals surface area contributed by atoms with Gasteiger partial charge in [-0.1, -0.05) is 32.0 Å². The summed E-state index contributed by atoms with van der Waals surface area (Å²) >= 11 is 1.55. The van der Waals surface area contributed by atoms with Crippen LogP contribution in [0.4, 0.5) is 0 Å². The average Bonchev–Trinajstić information content (AvgIpc) is 2.85. The van der Waals surface area contributed by atoms with Crippen molar-refractivity contribution < 1.29 is 9.53 Å². The fourth-order valence-corrected chi connectivity index (χ4v) is 2.44. The van der Waals surface area contributed by atoms with E-state index in [1.165, 1.54) is 12.0 Å². The van der Waals surface area contributed by atoms with E-state index in [1.807, 2.05) is 17.5 Å². The molecule has 0 N–H and O–H groups in total. The van der Waals surface area contributed by atoms with Crippen LogP contribution < -0.4 is 0 Å². The van der Waals surface area contributed by atoms with Gasteiger partial charge in [0.15, 0.2) is 0 Å². The molecule has 3 nitrogen and oxygen atoms in total. The molecule has 0 atom stereocenters. The molecule has 0 aliphatic carbocycles. The van der Waals surface area contributed by atoms with Gasteiger partial charge in [-0.25, -0.2) is 9.78 Å². The predicted octanol–water partition coefficient (Wildman–Crippen LogP) is 3.52. The lowest BCUT2D eigenvalue weighted by atomic mass is 10.0. The molecule has 1 radical (unpaired) electrons. The molecule has 4 heteroatoms. The molecule has 0 bridgehead atoms. The third-order valence-electron chi connectivity index (χ3n) is 2.63. The Morgan fingerprint density at radius 2 is 2.28 bits per heavy atom. The average molecular weight is 260 g/mol. The minimum atomic E-state index is 0.184. The molecule has 0 fully saturated rings. The largest absolute Gasteiger partial charge is 0.451 e. The lowest BCUT2D eigenvalue weighted by Gasteiger charge is -2.06. The van der Waals surface area contributed by atoms with Gasteiger partial charge >= 0.3 is 6.47 Å². The first-order valence-corrected chi connectivity index (χ1v) is 6.62. The zero-order valence-corrected chi connectivity index (χ0v) is 11.2. The summed E-state index contributed by atoms with van der Waals surface area (Å²) in [6, 6.07) is 8.36. The summed E-state index contributed by atoms with van der Waals surface area (Å²) in [5.74, 6) is 0.498. The normalized spacial score (nSPS) is 10.6. The van der Waals surface area contributed by atoms with Gasteiger partial charge in [-0.15, -0.1) is 11.3 Å². The summed E-state index contributed by atoms with van der Waals surface area (Å²) in [6.45, 7) is 5.92. The van der Waals surface area contributed by atoms with Gasteiger partial charge in [0.1, 0.15) is 11.6 Å². The standard InChI is InChI=1S/C14H14NO2S/c1-10(2)11-4-3-5-12(6-11)14-15-13(8-18-14)7-17-9-16/h3-6,8,10H,7H2,1-2H3. The number of hydrogen-bond donors (Lipinski definition) is 0. The third kappa shape index (κ3) is 2.96. The third-order valence-corrected chi connectivity index (χ3v) is 3.57. The molecule has 93 valence electrons. The van der Waals surface area contributed by atoms with Crippen molar-refractivity contribution in [2.45, 2.75) is 26.4 Å². The van der Waals surface area contributed by atoms with Crippen LogP contribution in [0.5, 0.6) is 0 Å². The maximum Gasteiger partial charge on any atom is 0.417 e. The molecule has 2 aromatic rings. The van der Waals surface area contributed by atoms with E-state index >= 15 is 0 Å². The van der Waals surface area contributed by atoms with Crippen molar-refractivity contribution in [3.8, 4) is 10.6 Å². The molecule has 0 aliphatic heterocycles. The lowest BCUT2D eigenvalue weighted by Crippen LogP contribution is -1.90. The van der Waals surface area contributed by atoms with Gasteiger partial charge in [-0.3, -0.25) is 0 Å². The first-order valence-electron chi connectivity index (χ1n) is 5.74. The van der Waals surface area contributed by atoms with Crippen molar-refractivity contribution in [2.24, 2.45) is 0 Å². The minimum Gasteiger partial charge on any atom is -0.451 e. The Hall–Kier alpha value is -1.68. The van der Waals surface area contributed by atoms with E-state index in [2.05, 4.69) is 35.7 Å². The van der Waals surface area contributed by atoms with Crippen molar-refractivity contribution in [2.75, 3.05) is 0 Å². The van der Waals surface area contributed by atoms with E-state index < -0.39 is 0 Å². The van der Waals surface area contributed by atoms with Crippen molar-refractivity contribution >= 4 is 17.8 Å². The Labute approximate surface area is 110 Å². The highest BCUT2D eigenvalue weighted by molar-refractivity contribution is 7.13. The molecular formula is C14H14NO2S. The number of benzene rings is 1. The highest BCUT2D eigenvalue weighted by Crippen LogP contribution is 2.26. The summed E-state index contributed by atoms with van der Waals surface area (Å²) in [4.78, 5) is 14.4. The lowest BCUT2D eigenvalue weighted by molar-refractivity contribution is 0.264. The zero-order chi connectivity index (χ0) is 13.0. The number of rotatable bonds is 5. The number of hydrogen-bond acceptors (Lipinski definition) is 4. The van der Waals surface area contributed by atoms with Gasteiger partial charge in [0.2, 0.25) is 0 Å². The molecule has 0 spiro atoms. The summed E-state index contributed by atoms with van der Waals surface area (Å²) in [7, 11) is 0. The topological polar surface area (TPSA) is 39.2 Å². The Bertz CT molecular complexity index is 534. The van der Waals surface area contributed by atoms with Crippen LogP contribution in [0.15, 0.2) is 29.6 Å². The van der Waals surface area contributed by atoms with E-state index in [0.29, 0.717) is 5.92 Å². The van der Waals surface area contributed by atoms with Gasteiger partial charge in [0.25, 0.3) is 0 Å². The zero-order valence-electron chi connectivity index (χ0n) is 10.3. The fraction of sp³-hybridized carbons (Fsp3) is 0.286. The van der Waals surface area contributed by atoms with Gasteiger partial charge in [0, 0.05) is 10.9 Å². The molecule has 1 aromatic heterocycles. The molecular weight excluding hydrogens is 246 g/mol. The Morgan fingerprint density at radius 1 is 1.44 bits per heavy atom. The van der Waals surface area contributed by atoms with E-state index in [4.69, 9.17) is 0 Å². The Kier molecular flexibility index (Phi) is 4.10. The Balaban J connectivity index is 2.22. The van der Waals surface area contributed by atoms with Crippen molar-refractivity contribution in [1.82, 2.24) is 4.98 Å². The van der Waals surface area contributed by atoms with E-state index in [9.17, 15) is 4.79 Å². The first kappa shape index (κ1) is 12.8. The summed E-state index contributed by atoms with van der Waals surface area (Å²) in [5, 5.41) is 2.84. The molecule has 0 amide bonds. The summed E-state index contributed by atoms with van der Waals surface area (Å²) in [5.41, 5.74) is 3.16. The first-order chi connectivity index (χ1) is 8.70.